The van der Waals surface area contributed by atoms with Crippen LogP contribution in [-0.4, -0.2) is 25.7 Å². The van der Waals surface area contributed by atoms with Crippen LogP contribution in [0.25, 0.3) is 0 Å². The van der Waals surface area contributed by atoms with Crippen LogP contribution in [0.15, 0.2) is 18.2 Å². The highest BCUT2D eigenvalue weighted by molar-refractivity contribution is 5.95. The summed E-state index contributed by atoms with van der Waals surface area (Å²) in [4.78, 5) is 0. The van der Waals surface area contributed by atoms with Crippen LogP contribution in [0.1, 0.15) is 19.4 Å². The molecule has 3 N–H and O–H groups in total. The van der Waals surface area contributed by atoms with Crippen LogP contribution in [0.3, 0.4) is 0 Å². The van der Waals surface area contributed by atoms with Crippen molar-refractivity contribution in [2.24, 2.45) is 11.7 Å². The number of nitrogens with one attached hydrogen (secondary N) is 1. The molecular weight excluding hydrogens is 235 g/mol. The molecule has 0 amide bonds. The molecule has 1 aromatic rings. The molecule has 4 nitrogen and oxygen atoms in total. The van der Waals surface area contributed by atoms with Gasteiger partial charge in [-0.2, -0.15) is 0 Å². The molecule has 0 bridgehead atoms. The first-order valence-electron chi connectivity index (χ1n) is 5.85. The second-order valence-electron chi connectivity index (χ2n) is 4.38. The van der Waals surface area contributed by atoms with Gasteiger partial charge in [0.1, 0.15) is 12.4 Å². The summed E-state index contributed by atoms with van der Waals surface area (Å²) >= 11 is 0. The van der Waals surface area contributed by atoms with Gasteiger partial charge in [0.2, 0.25) is 0 Å². The Bertz CT molecular complexity index is 408. The summed E-state index contributed by atoms with van der Waals surface area (Å²) in [5.41, 5.74) is 5.60. The Kier molecular flexibility index (Phi) is 5.58. The standard InChI is InChI=1S/C13H19FN2O2/c1-9(2)8-17-5-6-18-12-4-3-10(13(15)16)7-11(12)14/h3-4,7,9H,5-6,8H2,1-2H3,(H3,15,16). The first-order chi connectivity index (χ1) is 8.50. The zero-order chi connectivity index (χ0) is 13.5. The van der Waals surface area contributed by atoms with Crippen LogP contribution in [0, 0.1) is 17.1 Å². The van der Waals surface area contributed by atoms with Gasteiger partial charge in [-0.05, 0) is 24.1 Å². The van der Waals surface area contributed by atoms with Crippen molar-refractivity contribution in [1.82, 2.24) is 0 Å². The fourth-order valence-corrected chi connectivity index (χ4v) is 1.32. The van der Waals surface area contributed by atoms with E-state index in [1.165, 1.54) is 12.1 Å². The summed E-state index contributed by atoms with van der Waals surface area (Å²) in [6, 6.07) is 4.21. The molecule has 0 aliphatic carbocycles. The molecule has 5 heteroatoms. The van der Waals surface area contributed by atoms with E-state index in [9.17, 15) is 4.39 Å². The quantitative estimate of drug-likeness (QED) is 0.445. The molecule has 0 atom stereocenters. The summed E-state index contributed by atoms with van der Waals surface area (Å²) in [5, 5.41) is 7.19. The number of ether oxygens (including phenoxy) is 2. The van der Waals surface area contributed by atoms with Crippen molar-refractivity contribution in [3.63, 3.8) is 0 Å². The van der Waals surface area contributed by atoms with Gasteiger partial charge in [0, 0.05) is 12.2 Å². The fraction of sp³-hybridized carbons (Fsp3) is 0.462. The lowest BCUT2D eigenvalue weighted by Crippen LogP contribution is -2.13. The predicted octanol–water partition coefficient (Wildman–Crippen LogP) is 2.16. The number of rotatable bonds is 7. The van der Waals surface area contributed by atoms with E-state index in [0.29, 0.717) is 31.3 Å². The number of hydrogen-bond donors (Lipinski definition) is 2. The third-order valence-corrected chi connectivity index (χ3v) is 2.18. The third kappa shape index (κ3) is 4.71. The average molecular weight is 254 g/mol. The van der Waals surface area contributed by atoms with Crippen molar-refractivity contribution in [3.8, 4) is 5.75 Å². The maximum atomic E-state index is 13.5. The maximum absolute atomic E-state index is 13.5. The number of amidine groups is 1. The maximum Gasteiger partial charge on any atom is 0.165 e. The highest BCUT2D eigenvalue weighted by atomic mass is 19.1. The average Bonchev–Trinajstić information content (AvgIpc) is 2.29. The van der Waals surface area contributed by atoms with Gasteiger partial charge < -0.3 is 15.2 Å². The molecule has 0 aliphatic rings. The van der Waals surface area contributed by atoms with Crippen molar-refractivity contribution >= 4 is 5.84 Å². The third-order valence-electron chi connectivity index (χ3n) is 2.18. The molecule has 1 aromatic carbocycles. The summed E-state index contributed by atoms with van der Waals surface area (Å²) in [5.74, 6) is -0.0722. The summed E-state index contributed by atoms with van der Waals surface area (Å²) in [6.45, 7) is 5.49. The van der Waals surface area contributed by atoms with Gasteiger partial charge in [0.15, 0.2) is 11.6 Å². The minimum Gasteiger partial charge on any atom is -0.488 e. The SMILES string of the molecule is CC(C)COCCOc1ccc(C(=N)N)cc1F. The molecule has 0 radical (unpaired) electrons. The van der Waals surface area contributed by atoms with Crippen molar-refractivity contribution < 1.29 is 13.9 Å². The van der Waals surface area contributed by atoms with Crippen LogP contribution in [0.2, 0.25) is 0 Å². The highest BCUT2D eigenvalue weighted by Gasteiger charge is 2.06. The topological polar surface area (TPSA) is 68.3 Å². The highest BCUT2D eigenvalue weighted by Crippen LogP contribution is 2.17. The van der Waals surface area contributed by atoms with Gasteiger partial charge in [-0.25, -0.2) is 4.39 Å². The molecule has 0 heterocycles. The van der Waals surface area contributed by atoms with E-state index >= 15 is 0 Å². The summed E-state index contributed by atoms with van der Waals surface area (Å²) in [6.07, 6.45) is 0. The Morgan fingerprint density at radius 2 is 2.11 bits per heavy atom. The minimum atomic E-state index is -0.522. The van der Waals surface area contributed by atoms with E-state index in [4.69, 9.17) is 20.6 Å². The monoisotopic (exact) mass is 254 g/mol. The zero-order valence-corrected chi connectivity index (χ0v) is 10.7. The van der Waals surface area contributed by atoms with Crippen molar-refractivity contribution in [2.75, 3.05) is 19.8 Å². The Labute approximate surface area is 106 Å². The summed E-state index contributed by atoms with van der Waals surface area (Å²) < 4.78 is 24.1. The number of nitrogen functional groups attached to an aromatic ring is 1. The fourth-order valence-electron chi connectivity index (χ4n) is 1.32. The molecule has 0 aliphatic heterocycles. The second kappa shape index (κ2) is 6.96. The predicted molar refractivity (Wildman–Crippen MR) is 68.6 cm³/mol. The second-order valence-corrected chi connectivity index (χ2v) is 4.38. The Hall–Kier alpha value is -1.62. The molecule has 18 heavy (non-hydrogen) atoms. The lowest BCUT2D eigenvalue weighted by atomic mass is 10.2. The van der Waals surface area contributed by atoms with Crippen LogP contribution in [0.4, 0.5) is 4.39 Å². The van der Waals surface area contributed by atoms with Crippen LogP contribution < -0.4 is 10.5 Å². The van der Waals surface area contributed by atoms with Gasteiger partial charge in [-0.3, -0.25) is 5.41 Å². The molecule has 1 rings (SSSR count). The normalized spacial score (nSPS) is 10.7. The number of nitrogens with two attached hydrogens (primary N) is 1. The van der Waals surface area contributed by atoms with E-state index < -0.39 is 5.82 Å². The van der Waals surface area contributed by atoms with Gasteiger partial charge in [0.25, 0.3) is 0 Å². The molecule has 0 aromatic heterocycles. The first kappa shape index (κ1) is 14.4. The van der Waals surface area contributed by atoms with E-state index in [-0.39, 0.29) is 11.6 Å². The lowest BCUT2D eigenvalue weighted by Gasteiger charge is -2.10. The number of halogens is 1. The van der Waals surface area contributed by atoms with E-state index in [0.717, 1.165) is 0 Å². The van der Waals surface area contributed by atoms with Crippen LogP contribution in [-0.2, 0) is 4.74 Å². The molecule has 100 valence electrons. The molecule has 0 unspecified atom stereocenters. The molecule has 0 saturated carbocycles. The van der Waals surface area contributed by atoms with Gasteiger partial charge in [0.05, 0.1) is 6.61 Å². The Balaban J connectivity index is 2.41. The lowest BCUT2D eigenvalue weighted by molar-refractivity contribution is 0.0808. The Morgan fingerprint density at radius 1 is 1.39 bits per heavy atom. The van der Waals surface area contributed by atoms with Crippen molar-refractivity contribution in [1.29, 1.82) is 5.41 Å². The summed E-state index contributed by atoms with van der Waals surface area (Å²) in [7, 11) is 0. The van der Waals surface area contributed by atoms with E-state index in [2.05, 4.69) is 13.8 Å². The van der Waals surface area contributed by atoms with Crippen LogP contribution >= 0.6 is 0 Å². The van der Waals surface area contributed by atoms with Crippen molar-refractivity contribution in [2.45, 2.75) is 13.8 Å². The van der Waals surface area contributed by atoms with Crippen molar-refractivity contribution in [3.05, 3.63) is 29.6 Å². The number of hydrogen-bond acceptors (Lipinski definition) is 3. The zero-order valence-electron chi connectivity index (χ0n) is 10.7. The minimum absolute atomic E-state index is 0.146. The van der Waals surface area contributed by atoms with Gasteiger partial charge in [-0.15, -0.1) is 0 Å². The van der Waals surface area contributed by atoms with Crippen LogP contribution in [0.5, 0.6) is 5.75 Å². The van der Waals surface area contributed by atoms with Gasteiger partial charge >= 0.3 is 0 Å². The van der Waals surface area contributed by atoms with Gasteiger partial charge in [-0.1, -0.05) is 13.8 Å². The molecule has 0 spiro atoms. The van der Waals surface area contributed by atoms with E-state index in [1.54, 1.807) is 6.07 Å². The molecule has 0 saturated heterocycles. The molecule has 0 fully saturated rings. The smallest absolute Gasteiger partial charge is 0.165 e. The van der Waals surface area contributed by atoms with E-state index in [1.807, 2.05) is 0 Å². The Morgan fingerprint density at radius 3 is 2.67 bits per heavy atom. The largest absolute Gasteiger partial charge is 0.488 e. The number of benzene rings is 1. The first-order valence-corrected chi connectivity index (χ1v) is 5.85. The molecular formula is C13H19FN2O2.